The van der Waals surface area contributed by atoms with Gasteiger partial charge in [-0.3, -0.25) is 9.78 Å². The summed E-state index contributed by atoms with van der Waals surface area (Å²) in [5, 5.41) is 23.2. The second-order valence-corrected chi connectivity index (χ2v) is 7.55. The van der Waals surface area contributed by atoms with E-state index in [2.05, 4.69) is 15.3 Å². The number of aliphatic imine (C=N–C) groups is 1. The van der Waals surface area contributed by atoms with Crippen LogP contribution in [0.2, 0.25) is 0 Å². The molecule has 1 amide bonds. The Kier molecular flexibility index (Phi) is 6.30. The topological polar surface area (TPSA) is 104 Å². The normalized spacial score (nSPS) is 14.2. The fourth-order valence-corrected chi connectivity index (χ4v) is 3.49. The minimum Gasteiger partial charge on any atom is -0.478 e. The van der Waals surface area contributed by atoms with Gasteiger partial charge in [0.1, 0.15) is 0 Å². The van der Waals surface area contributed by atoms with Crippen molar-refractivity contribution < 1.29 is 19.7 Å². The van der Waals surface area contributed by atoms with Crippen LogP contribution in [0, 0.1) is 0 Å². The zero-order chi connectivity index (χ0) is 21.0. The maximum atomic E-state index is 12.7. The molecule has 0 radical (unpaired) electrons. The lowest BCUT2D eigenvalue weighted by atomic mass is 9.91. The van der Waals surface area contributed by atoms with Gasteiger partial charge >= 0.3 is 0 Å². The molecule has 0 fully saturated rings. The molecule has 1 aromatic carbocycles. The molecule has 2 aromatic rings. The van der Waals surface area contributed by atoms with Gasteiger partial charge in [0, 0.05) is 0 Å². The van der Waals surface area contributed by atoms with Gasteiger partial charge in [-0.15, -0.1) is 0 Å². The monoisotopic (exact) mass is 397 g/mol. The van der Waals surface area contributed by atoms with Crippen molar-refractivity contribution >= 4 is 11.8 Å². The summed E-state index contributed by atoms with van der Waals surface area (Å²) >= 11 is 0. The van der Waals surface area contributed by atoms with Crippen LogP contribution in [0.15, 0.2) is 41.4 Å². The molecular weight excluding hydrogens is 370 g/mol. The fraction of sp³-hybridized carbons (Fsp3) is 0.409. The number of rotatable bonds is 7. The molecule has 3 rings (SSSR count). The van der Waals surface area contributed by atoms with Crippen molar-refractivity contribution in [1.82, 2.24) is 10.3 Å². The van der Waals surface area contributed by atoms with Crippen LogP contribution in [-0.2, 0) is 29.1 Å². The third kappa shape index (κ3) is 4.81. The molecule has 0 bridgehead atoms. The van der Waals surface area contributed by atoms with E-state index in [1.807, 2.05) is 43.3 Å². The highest BCUT2D eigenvalue weighted by atomic mass is 16.5. The zero-order valence-electron chi connectivity index (χ0n) is 17.0. The van der Waals surface area contributed by atoms with Crippen LogP contribution < -0.4 is 5.32 Å². The molecule has 154 valence electrons. The van der Waals surface area contributed by atoms with Gasteiger partial charge in [0.2, 0.25) is 11.8 Å². The second kappa shape index (κ2) is 8.71. The molecule has 29 heavy (non-hydrogen) atoms. The van der Waals surface area contributed by atoms with E-state index in [1.165, 1.54) is 0 Å². The number of aliphatic hydroxyl groups is 2. The van der Waals surface area contributed by atoms with Crippen LogP contribution in [0.4, 0.5) is 0 Å². The lowest BCUT2D eigenvalue weighted by Gasteiger charge is -2.30. The van der Waals surface area contributed by atoms with E-state index < -0.39 is 11.6 Å². The van der Waals surface area contributed by atoms with Crippen molar-refractivity contribution in [2.75, 3.05) is 6.61 Å². The predicted octanol–water partition coefficient (Wildman–Crippen LogP) is 2.04. The van der Waals surface area contributed by atoms with E-state index in [0.29, 0.717) is 30.4 Å². The van der Waals surface area contributed by atoms with E-state index in [4.69, 9.17) is 4.74 Å². The third-order valence-electron chi connectivity index (χ3n) is 4.75. The van der Waals surface area contributed by atoms with E-state index in [-0.39, 0.29) is 18.9 Å². The summed E-state index contributed by atoms with van der Waals surface area (Å²) in [4.78, 5) is 21.5. The first kappa shape index (κ1) is 21.0. The van der Waals surface area contributed by atoms with Gasteiger partial charge in [0.25, 0.3) is 0 Å². The number of nitrogens with zero attached hydrogens (tertiary/aromatic N) is 2. The summed E-state index contributed by atoms with van der Waals surface area (Å²) < 4.78 is 5.52. The molecule has 1 aliphatic rings. The maximum absolute atomic E-state index is 12.7. The molecule has 0 spiro atoms. The van der Waals surface area contributed by atoms with Gasteiger partial charge in [-0.05, 0) is 38.0 Å². The smallest absolute Gasteiger partial charge is 0.226 e. The summed E-state index contributed by atoms with van der Waals surface area (Å²) in [6, 6.07) is 10.6. The quantitative estimate of drug-likeness (QED) is 0.663. The lowest BCUT2D eigenvalue weighted by Crippen LogP contribution is -2.42. The van der Waals surface area contributed by atoms with Crippen molar-refractivity contribution in [3.63, 3.8) is 0 Å². The molecule has 0 saturated carbocycles. The van der Waals surface area contributed by atoms with Crippen molar-refractivity contribution in [3.8, 4) is 0 Å². The number of fused-ring (bicyclic) bond motifs is 1. The highest BCUT2D eigenvalue weighted by molar-refractivity contribution is 5.98. The Labute approximate surface area is 170 Å². The van der Waals surface area contributed by atoms with E-state index in [9.17, 15) is 15.0 Å². The molecule has 0 saturated heterocycles. The number of aromatic nitrogens is 1. The Bertz CT molecular complexity index is 904. The number of nitrogens with one attached hydrogen (secondary N) is 1. The largest absolute Gasteiger partial charge is 0.478 e. The van der Waals surface area contributed by atoms with Crippen LogP contribution in [0.1, 0.15) is 54.9 Å². The highest BCUT2D eigenvalue weighted by Gasteiger charge is 2.30. The third-order valence-corrected chi connectivity index (χ3v) is 4.75. The molecule has 7 nitrogen and oxygen atoms in total. The van der Waals surface area contributed by atoms with E-state index >= 15 is 0 Å². The number of benzene rings is 1. The average molecular weight is 397 g/mol. The number of hydrogen-bond donors (Lipinski definition) is 3. The van der Waals surface area contributed by atoms with Gasteiger partial charge in [0.15, 0.2) is 0 Å². The Balaban J connectivity index is 1.79. The molecule has 3 N–H and O–H groups in total. The van der Waals surface area contributed by atoms with Crippen LogP contribution in [0.25, 0.3) is 0 Å². The van der Waals surface area contributed by atoms with Crippen molar-refractivity contribution in [1.29, 1.82) is 0 Å². The zero-order valence-corrected chi connectivity index (χ0v) is 17.0. The Morgan fingerprint density at radius 2 is 2.03 bits per heavy atom. The van der Waals surface area contributed by atoms with Gasteiger partial charge in [0.05, 0.1) is 54.8 Å². The van der Waals surface area contributed by atoms with Crippen LogP contribution in [0.3, 0.4) is 0 Å². The fourth-order valence-electron chi connectivity index (χ4n) is 3.49. The first-order valence-corrected chi connectivity index (χ1v) is 9.70. The summed E-state index contributed by atoms with van der Waals surface area (Å²) in [5.41, 5.74) is 2.28. The molecule has 2 heterocycles. The first-order chi connectivity index (χ1) is 13.8. The number of carbonyl (C=O) groups is 1. The number of hydrogen-bond acceptors (Lipinski definition) is 6. The van der Waals surface area contributed by atoms with E-state index in [1.54, 1.807) is 13.8 Å². The van der Waals surface area contributed by atoms with Crippen molar-refractivity contribution in [2.45, 2.75) is 52.0 Å². The second-order valence-electron chi connectivity index (χ2n) is 7.55. The minimum absolute atomic E-state index is 0.0314. The molecule has 7 heteroatoms. The molecule has 0 aliphatic carbocycles. The summed E-state index contributed by atoms with van der Waals surface area (Å²) in [6.07, 6.45) is 0.0314. The molecule has 0 unspecified atom stereocenters. The van der Waals surface area contributed by atoms with Gasteiger partial charge in [-0.1, -0.05) is 30.3 Å². The highest BCUT2D eigenvalue weighted by Crippen LogP contribution is 2.26. The SMILES string of the molecule is CCOC1=NCc2cc(CC(=O)N[C@@H](c3ccccc3)C(C)(C)O)nc(CO)c21. The lowest BCUT2D eigenvalue weighted by molar-refractivity contribution is -0.123. The van der Waals surface area contributed by atoms with Crippen LogP contribution in [-0.4, -0.2) is 39.2 Å². The average Bonchev–Trinajstić information content (AvgIpc) is 3.08. The standard InChI is InChI=1S/C22H27N3O4/c1-4-29-21-19-15(12-23-21)10-16(24-17(19)13-26)11-18(27)25-20(22(2,3)28)14-8-6-5-7-9-14/h5-10,20,26,28H,4,11-13H2,1-3H3,(H,25,27)/t20-/m0/s1. The first-order valence-electron chi connectivity index (χ1n) is 9.70. The number of carbonyl (C=O) groups excluding carboxylic acids is 1. The van der Waals surface area contributed by atoms with Crippen LogP contribution in [0.5, 0.6) is 0 Å². The van der Waals surface area contributed by atoms with Gasteiger partial charge in [-0.2, -0.15) is 0 Å². The molecule has 1 atom stereocenters. The Hall–Kier alpha value is -2.77. The summed E-state index contributed by atoms with van der Waals surface area (Å²) in [5.74, 6) is 0.225. The number of pyridine rings is 1. The summed E-state index contributed by atoms with van der Waals surface area (Å²) in [6.45, 7) is 5.84. The van der Waals surface area contributed by atoms with E-state index in [0.717, 1.165) is 16.7 Å². The maximum Gasteiger partial charge on any atom is 0.226 e. The van der Waals surface area contributed by atoms with Crippen LogP contribution >= 0.6 is 0 Å². The predicted molar refractivity (Wildman–Crippen MR) is 109 cm³/mol. The minimum atomic E-state index is -1.14. The summed E-state index contributed by atoms with van der Waals surface area (Å²) in [7, 11) is 0. The van der Waals surface area contributed by atoms with Gasteiger partial charge < -0.3 is 20.3 Å². The molecule has 1 aromatic heterocycles. The number of ether oxygens (including phenoxy) is 1. The van der Waals surface area contributed by atoms with Crippen molar-refractivity contribution in [2.24, 2.45) is 4.99 Å². The molecular formula is C22H27N3O4. The van der Waals surface area contributed by atoms with Gasteiger partial charge in [-0.25, -0.2) is 4.99 Å². The Morgan fingerprint density at radius 3 is 2.66 bits per heavy atom. The Morgan fingerprint density at radius 1 is 1.31 bits per heavy atom. The number of aliphatic hydroxyl groups excluding tert-OH is 1. The molecule has 1 aliphatic heterocycles. The van der Waals surface area contributed by atoms with Crippen molar-refractivity contribution in [3.05, 3.63) is 64.5 Å². The number of amides is 1.